The molecule has 0 amide bonds. The van der Waals surface area contributed by atoms with E-state index in [1.807, 2.05) is 13.8 Å². The molecule has 1 unspecified atom stereocenters. The summed E-state index contributed by atoms with van der Waals surface area (Å²) >= 11 is 0. The Kier molecular flexibility index (Phi) is 6.02. The van der Waals surface area contributed by atoms with Gasteiger partial charge in [0.1, 0.15) is 17.7 Å². The van der Waals surface area contributed by atoms with Crippen LogP contribution in [0, 0.1) is 5.92 Å². The zero-order chi connectivity index (χ0) is 15.1. The highest BCUT2D eigenvalue weighted by molar-refractivity contribution is 5.79. The molecule has 112 valence electrons. The molecule has 0 aromatic carbocycles. The van der Waals surface area contributed by atoms with Crippen molar-refractivity contribution < 1.29 is 9.53 Å². The second-order valence-corrected chi connectivity index (χ2v) is 4.81. The van der Waals surface area contributed by atoms with E-state index in [4.69, 9.17) is 10.5 Å². The molecule has 0 radical (unpaired) electrons. The topological polar surface area (TPSA) is 102 Å². The van der Waals surface area contributed by atoms with Crippen LogP contribution in [0.4, 0.5) is 17.6 Å². The highest BCUT2D eigenvalue weighted by Gasteiger charge is 2.23. The number of esters is 1. The number of anilines is 3. The Balaban J connectivity index is 2.89. The van der Waals surface area contributed by atoms with Gasteiger partial charge in [-0.1, -0.05) is 20.8 Å². The van der Waals surface area contributed by atoms with E-state index < -0.39 is 6.04 Å². The van der Waals surface area contributed by atoms with Crippen LogP contribution in [-0.2, 0) is 9.53 Å². The maximum atomic E-state index is 11.7. The molecule has 1 heterocycles. The number of carbonyl (C=O) groups is 1. The van der Waals surface area contributed by atoms with Crippen LogP contribution in [0.3, 0.4) is 0 Å². The van der Waals surface area contributed by atoms with Crippen molar-refractivity contribution in [2.75, 3.05) is 30.0 Å². The minimum absolute atomic E-state index is 0.0608. The van der Waals surface area contributed by atoms with Crippen LogP contribution in [0.5, 0.6) is 0 Å². The fourth-order valence-electron chi connectivity index (χ4n) is 1.67. The number of carbonyl (C=O) groups excluding carboxylic acids is 1. The highest BCUT2D eigenvalue weighted by atomic mass is 16.5. The first-order chi connectivity index (χ1) is 9.47. The third-order valence-corrected chi connectivity index (χ3v) is 2.72. The first-order valence-corrected chi connectivity index (χ1v) is 6.70. The molecular weight excluding hydrogens is 258 g/mol. The van der Waals surface area contributed by atoms with Crippen molar-refractivity contribution in [1.82, 2.24) is 9.97 Å². The summed E-state index contributed by atoms with van der Waals surface area (Å²) in [6.07, 6.45) is 0.976. The van der Waals surface area contributed by atoms with Crippen LogP contribution in [0.2, 0.25) is 0 Å². The number of methoxy groups -OCH3 is 1. The molecule has 4 N–H and O–H groups in total. The first-order valence-electron chi connectivity index (χ1n) is 6.70. The molecule has 1 rings (SSSR count). The maximum Gasteiger partial charge on any atom is 0.328 e. The molecule has 0 spiro atoms. The average Bonchev–Trinajstić information content (AvgIpc) is 2.40. The van der Waals surface area contributed by atoms with Crippen LogP contribution < -0.4 is 16.4 Å². The Morgan fingerprint density at radius 2 is 2.05 bits per heavy atom. The normalized spacial score (nSPS) is 12.1. The van der Waals surface area contributed by atoms with Gasteiger partial charge in [0.2, 0.25) is 5.95 Å². The van der Waals surface area contributed by atoms with Gasteiger partial charge in [-0.05, 0) is 12.3 Å². The van der Waals surface area contributed by atoms with E-state index in [1.54, 1.807) is 6.07 Å². The number of aromatic nitrogens is 2. The van der Waals surface area contributed by atoms with Crippen LogP contribution in [0.25, 0.3) is 0 Å². The lowest BCUT2D eigenvalue weighted by atomic mass is 10.0. The number of nitrogens with two attached hydrogens (primary N) is 1. The second-order valence-electron chi connectivity index (χ2n) is 4.81. The Labute approximate surface area is 119 Å². The molecule has 1 aromatic heterocycles. The summed E-state index contributed by atoms with van der Waals surface area (Å²) in [5.74, 6) is 1.02. The van der Waals surface area contributed by atoms with Gasteiger partial charge in [-0.2, -0.15) is 9.97 Å². The molecule has 0 bridgehead atoms. The van der Waals surface area contributed by atoms with Crippen molar-refractivity contribution in [2.24, 2.45) is 5.92 Å². The SMILES string of the molecule is CCCNc1cc(NC(C(=O)OC)C(C)C)nc(N)n1. The predicted octanol–water partition coefficient (Wildman–Crippen LogP) is 1.49. The van der Waals surface area contributed by atoms with Crippen LogP contribution in [0.15, 0.2) is 6.07 Å². The Bertz CT molecular complexity index is 450. The molecule has 7 heteroatoms. The number of hydrogen-bond acceptors (Lipinski definition) is 7. The standard InChI is InChI=1S/C13H23N5O2/c1-5-6-15-9-7-10(18-13(14)17-9)16-11(8(2)3)12(19)20-4/h7-8,11H,5-6H2,1-4H3,(H4,14,15,16,17,18). The summed E-state index contributed by atoms with van der Waals surface area (Å²) in [5.41, 5.74) is 5.67. The zero-order valence-electron chi connectivity index (χ0n) is 12.4. The van der Waals surface area contributed by atoms with Gasteiger partial charge in [-0.15, -0.1) is 0 Å². The maximum absolute atomic E-state index is 11.7. The van der Waals surface area contributed by atoms with Crippen molar-refractivity contribution in [3.63, 3.8) is 0 Å². The summed E-state index contributed by atoms with van der Waals surface area (Å²) in [4.78, 5) is 19.9. The molecule has 1 atom stereocenters. The second kappa shape index (κ2) is 7.52. The molecule has 7 nitrogen and oxygen atoms in total. The Morgan fingerprint density at radius 1 is 1.40 bits per heavy atom. The molecule has 0 aliphatic heterocycles. The predicted molar refractivity (Wildman–Crippen MR) is 79.5 cm³/mol. The van der Waals surface area contributed by atoms with E-state index in [1.165, 1.54) is 7.11 Å². The van der Waals surface area contributed by atoms with Gasteiger partial charge < -0.3 is 21.1 Å². The van der Waals surface area contributed by atoms with Crippen molar-refractivity contribution in [3.05, 3.63) is 6.07 Å². The fraction of sp³-hybridized carbons (Fsp3) is 0.615. The fourth-order valence-corrected chi connectivity index (χ4v) is 1.67. The van der Waals surface area contributed by atoms with E-state index in [0.717, 1.165) is 13.0 Å². The van der Waals surface area contributed by atoms with Crippen molar-refractivity contribution >= 4 is 23.6 Å². The molecule has 0 aliphatic rings. The quantitative estimate of drug-likeness (QED) is 0.651. The summed E-state index contributed by atoms with van der Waals surface area (Å²) < 4.78 is 4.78. The van der Waals surface area contributed by atoms with Gasteiger partial charge in [0.15, 0.2) is 0 Å². The molecule has 0 saturated heterocycles. The van der Waals surface area contributed by atoms with Gasteiger partial charge >= 0.3 is 5.97 Å². The summed E-state index contributed by atoms with van der Waals surface area (Å²) in [7, 11) is 1.36. The molecule has 1 aromatic rings. The Morgan fingerprint density at radius 3 is 2.60 bits per heavy atom. The molecule has 20 heavy (non-hydrogen) atoms. The zero-order valence-corrected chi connectivity index (χ0v) is 12.4. The van der Waals surface area contributed by atoms with Gasteiger partial charge in [0, 0.05) is 12.6 Å². The Hall–Kier alpha value is -2.05. The van der Waals surface area contributed by atoms with Crippen LogP contribution in [0.1, 0.15) is 27.2 Å². The first kappa shape index (κ1) is 16.0. The average molecular weight is 281 g/mol. The molecule has 0 aliphatic carbocycles. The lowest BCUT2D eigenvalue weighted by Gasteiger charge is -2.20. The van der Waals surface area contributed by atoms with E-state index >= 15 is 0 Å². The number of nitrogens with zero attached hydrogens (tertiary/aromatic N) is 2. The minimum atomic E-state index is -0.478. The van der Waals surface area contributed by atoms with Crippen molar-refractivity contribution in [3.8, 4) is 0 Å². The number of ether oxygens (including phenoxy) is 1. The largest absolute Gasteiger partial charge is 0.467 e. The summed E-state index contributed by atoms with van der Waals surface area (Å²) in [6, 6.07) is 1.25. The third-order valence-electron chi connectivity index (χ3n) is 2.72. The lowest BCUT2D eigenvalue weighted by Crippen LogP contribution is -2.35. The molecular formula is C13H23N5O2. The van der Waals surface area contributed by atoms with Gasteiger partial charge in [0.05, 0.1) is 7.11 Å². The molecule has 0 fully saturated rings. The lowest BCUT2D eigenvalue weighted by molar-refractivity contribution is -0.142. The van der Waals surface area contributed by atoms with Crippen molar-refractivity contribution in [1.29, 1.82) is 0 Å². The van der Waals surface area contributed by atoms with E-state index in [-0.39, 0.29) is 17.8 Å². The van der Waals surface area contributed by atoms with E-state index in [9.17, 15) is 4.79 Å². The smallest absolute Gasteiger partial charge is 0.328 e. The minimum Gasteiger partial charge on any atom is -0.467 e. The van der Waals surface area contributed by atoms with E-state index in [0.29, 0.717) is 11.6 Å². The number of hydrogen-bond donors (Lipinski definition) is 3. The van der Waals surface area contributed by atoms with Crippen molar-refractivity contribution in [2.45, 2.75) is 33.2 Å². The highest BCUT2D eigenvalue weighted by Crippen LogP contribution is 2.16. The van der Waals surface area contributed by atoms with Crippen LogP contribution in [-0.4, -0.2) is 35.6 Å². The third kappa shape index (κ3) is 4.56. The molecule has 0 saturated carbocycles. The summed E-state index contributed by atoms with van der Waals surface area (Å²) in [5, 5.41) is 6.18. The monoisotopic (exact) mass is 281 g/mol. The number of nitrogen functional groups attached to an aromatic ring is 1. The number of nitrogens with one attached hydrogen (secondary N) is 2. The van der Waals surface area contributed by atoms with E-state index in [2.05, 4.69) is 27.5 Å². The summed E-state index contributed by atoms with van der Waals surface area (Å²) in [6.45, 7) is 6.70. The van der Waals surface area contributed by atoms with Gasteiger partial charge in [-0.25, -0.2) is 4.79 Å². The van der Waals surface area contributed by atoms with Gasteiger partial charge in [0.25, 0.3) is 0 Å². The van der Waals surface area contributed by atoms with Gasteiger partial charge in [-0.3, -0.25) is 0 Å². The van der Waals surface area contributed by atoms with Crippen LogP contribution >= 0.6 is 0 Å². The number of rotatable bonds is 7.